The van der Waals surface area contributed by atoms with Crippen LogP contribution in [0, 0.1) is 0 Å². The summed E-state index contributed by atoms with van der Waals surface area (Å²) < 4.78 is 6.12. The van der Waals surface area contributed by atoms with E-state index in [0.29, 0.717) is 0 Å². The number of ether oxygens (including phenoxy) is 1. The maximum absolute atomic E-state index is 10.6. The van der Waals surface area contributed by atoms with Crippen LogP contribution in [-0.2, 0) is 21.1 Å². The summed E-state index contributed by atoms with van der Waals surface area (Å²) in [7, 11) is 0. The SMILES string of the molecule is CC(=O)C(=O)OCn1ccnc1. The highest BCUT2D eigenvalue weighted by Crippen LogP contribution is 1.88. The Balaban J connectivity index is 2.37. The zero-order valence-electron chi connectivity index (χ0n) is 6.56. The van der Waals surface area contributed by atoms with Gasteiger partial charge in [0.05, 0.1) is 6.33 Å². The molecule has 1 heterocycles. The Morgan fingerprint density at radius 2 is 2.33 bits per heavy atom. The van der Waals surface area contributed by atoms with Crippen molar-refractivity contribution >= 4 is 11.8 Å². The highest BCUT2D eigenvalue weighted by atomic mass is 16.5. The molecular formula is C7H8N2O3. The average Bonchev–Trinajstić information content (AvgIpc) is 2.51. The molecule has 12 heavy (non-hydrogen) atoms. The zero-order valence-corrected chi connectivity index (χ0v) is 6.56. The highest BCUT2D eigenvalue weighted by molar-refractivity contribution is 6.32. The van der Waals surface area contributed by atoms with Crippen LogP contribution in [0.2, 0.25) is 0 Å². The van der Waals surface area contributed by atoms with Crippen LogP contribution in [0.3, 0.4) is 0 Å². The minimum atomic E-state index is -0.830. The Morgan fingerprint density at radius 1 is 1.58 bits per heavy atom. The number of carbonyl (C=O) groups excluding carboxylic acids is 2. The first kappa shape index (κ1) is 8.45. The van der Waals surface area contributed by atoms with Crippen molar-refractivity contribution in [3.05, 3.63) is 18.7 Å². The first-order valence-corrected chi connectivity index (χ1v) is 3.33. The first-order valence-electron chi connectivity index (χ1n) is 3.33. The van der Waals surface area contributed by atoms with Gasteiger partial charge in [-0.25, -0.2) is 9.78 Å². The summed E-state index contributed by atoms with van der Waals surface area (Å²) in [4.78, 5) is 24.8. The molecule has 0 spiro atoms. The van der Waals surface area contributed by atoms with Crippen molar-refractivity contribution in [2.24, 2.45) is 0 Å². The molecule has 1 aromatic rings. The molecule has 0 radical (unpaired) electrons. The van der Waals surface area contributed by atoms with E-state index >= 15 is 0 Å². The quantitative estimate of drug-likeness (QED) is 0.469. The molecule has 0 saturated carbocycles. The van der Waals surface area contributed by atoms with Crippen molar-refractivity contribution < 1.29 is 14.3 Å². The lowest BCUT2D eigenvalue weighted by atomic mass is 10.5. The van der Waals surface area contributed by atoms with Gasteiger partial charge in [0.1, 0.15) is 0 Å². The van der Waals surface area contributed by atoms with E-state index in [4.69, 9.17) is 0 Å². The third kappa shape index (κ3) is 2.19. The van der Waals surface area contributed by atoms with Crippen LogP contribution in [0.5, 0.6) is 0 Å². The van der Waals surface area contributed by atoms with E-state index in [1.165, 1.54) is 6.33 Å². The van der Waals surface area contributed by atoms with Gasteiger partial charge < -0.3 is 9.30 Å². The van der Waals surface area contributed by atoms with Gasteiger partial charge in [0, 0.05) is 19.3 Å². The smallest absolute Gasteiger partial charge is 0.376 e. The van der Waals surface area contributed by atoms with Gasteiger partial charge in [0.25, 0.3) is 0 Å². The highest BCUT2D eigenvalue weighted by Gasteiger charge is 2.07. The number of hydrogen-bond acceptors (Lipinski definition) is 4. The largest absolute Gasteiger partial charge is 0.438 e. The molecule has 0 aromatic carbocycles. The Hall–Kier alpha value is -1.65. The number of aromatic nitrogens is 2. The summed E-state index contributed by atoms with van der Waals surface area (Å²) in [5.74, 6) is -1.43. The number of esters is 1. The topological polar surface area (TPSA) is 61.2 Å². The number of rotatable bonds is 3. The second kappa shape index (κ2) is 3.66. The molecule has 0 aliphatic carbocycles. The first-order chi connectivity index (χ1) is 5.70. The molecule has 0 amide bonds. The number of ketones is 1. The van der Waals surface area contributed by atoms with Crippen molar-refractivity contribution in [2.75, 3.05) is 0 Å². The lowest BCUT2D eigenvalue weighted by molar-refractivity contribution is -0.155. The second-order valence-electron chi connectivity index (χ2n) is 2.19. The van der Waals surface area contributed by atoms with Crippen LogP contribution in [0.4, 0.5) is 0 Å². The molecule has 1 aromatic heterocycles. The van der Waals surface area contributed by atoms with Crippen LogP contribution >= 0.6 is 0 Å². The number of nitrogens with zero attached hydrogens (tertiary/aromatic N) is 2. The molecule has 5 nitrogen and oxygen atoms in total. The molecule has 0 N–H and O–H groups in total. The maximum Gasteiger partial charge on any atom is 0.376 e. The van der Waals surface area contributed by atoms with Crippen molar-refractivity contribution in [3.63, 3.8) is 0 Å². The van der Waals surface area contributed by atoms with E-state index in [-0.39, 0.29) is 6.73 Å². The lowest BCUT2D eigenvalue weighted by Gasteiger charge is -2.01. The number of Topliss-reactive ketones (excluding diaryl/α,β-unsaturated/α-hetero) is 1. The predicted molar refractivity (Wildman–Crippen MR) is 39.0 cm³/mol. The van der Waals surface area contributed by atoms with Gasteiger partial charge in [0.15, 0.2) is 6.73 Å². The molecule has 0 aliphatic rings. The summed E-state index contributed by atoms with van der Waals surface area (Å²) in [5, 5.41) is 0. The fraction of sp³-hybridized carbons (Fsp3) is 0.286. The Morgan fingerprint density at radius 3 is 2.83 bits per heavy atom. The van der Waals surface area contributed by atoms with Gasteiger partial charge in [-0.05, 0) is 0 Å². The van der Waals surface area contributed by atoms with E-state index in [1.54, 1.807) is 17.0 Å². The van der Waals surface area contributed by atoms with E-state index < -0.39 is 11.8 Å². The summed E-state index contributed by atoms with van der Waals surface area (Å²) in [5.41, 5.74) is 0. The normalized spacial score (nSPS) is 9.42. The van der Waals surface area contributed by atoms with Crippen LogP contribution in [0.15, 0.2) is 18.7 Å². The Bertz CT molecular complexity index is 279. The minimum Gasteiger partial charge on any atom is -0.438 e. The Labute approximate surface area is 69.0 Å². The molecule has 0 aliphatic heterocycles. The molecule has 0 unspecified atom stereocenters. The van der Waals surface area contributed by atoms with Gasteiger partial charge in [-0.3, -0.25) is 4.79 Å². The molecule has 0 fully saturated rings. The zero-order chi connectivity index (χ0) is 8.97. The van der Waals surface area contributed by atoms with Crippen molar-refractivity contribution in [1.29, 1.82) is 0 Å². The predicted octanol–water partition coefficient (Wildman–Crippen LogP) is -0.0272. The molecule has 0 saturated heterocycles. The molecule has 1 rings (SSSR count). The maximum atomic E-state index is 10.6. The molecule has 64 valence electrons. The van der Waals surface area contributed by atoms with E-state index in [0.717, 1.165) is 6.92 Å². The van der Waals surface area contributed by atoms with Crippen molar-refractivity contribution in [3.8, 4) is 0 Å². The summed E-state index contributed by atoms with van der Waals surface area (Å²) in [6.07, 6.45) is 4.68. The third-order valence-electron chi connectivity index (χ3n) is 1.19. The second-order valence-corrected chi connectivity index (χ2v) is 2.19. The minimum absolute atomic E-state index is 0.0262. The van der Waals surface area contributed by atoms with Crippen molar-refractivity contribution in [1.82, 2.24) is 9.55 Å². The van der Waals surface area contributed by atoms with Crippen LogP contribution in [-0.4, -0.2) is 21.3 Å². The molecule has 0 bridgehead atoms. The van der Waals surface area contributed by atoms with E-state index in [1.807, 2.05) is 0 Å². The molecular weight excluding hydrogens is 160 g/mol. The fourth-order valence-electron chi connectivity index (χ4n) is 0.598. The van der Waals surface area contributed by atoms with Crippen LogP contribution in [0.25, 0.3) is 0 Å². The lowest BCUT2D eigenvalue weighted by Crippen LogP contribution is -2.15. The summed E-state index contributed by atoms with van der Waals surface area (Å²) in [6, 6.07) is 0. The molecule has 5 heteroatoms. The van der Waals surface area contributed by atoms with Gasteiger partial charge in [-0.2, -0.15) is 0 Å². The molecule has 0 atom stereocenters. The number of imidazole rings is 1. The van der Waals surface area contributed by atoms with Gasteiger partial charge in [-0.1, -0.05) is 0 Å². The summed E-state index contributed by atoms with van der Waals surface area (Å²) >= 11 is 0. The van der Waals surface area contributed by atoms with Crippen LogP contribution in [0.1, 0.15) is 6.92 Å². The van der Waals surface area contributed by atoms with E-state index in [9.17, 15) is 9.59 Å². The summed E-state index contributed by atoms with van der Waals surface area (Å²) in [6.45, 7) is 1.19. The Kier molecular flexibility index (Phi) is 2.57. The number of carbonyl (C=O) groups is 2. The van der Waals surface area contributed by atoms with E-state index in [2.05, 4.69) is 9.72 Å². The monoisotopic (exact) mass is 168 g/mol. The third-order valence-corrected chi connectivity index (χ3v) is 1.19. The van der Waals surface area contributed by atoms with Crippen LogP contribution < -0.4 is 0 Å². The van der Waals surface area contributed by atoms with Gasteiger partial charge in [0.2, 0.25) is 5.78 Å². The average molecular weight is 168 g/mol. The van der Waals surface area contributed by atoms with Gasteiger partial charge >= 0.3 is 5.97 Å². The standard InChI is InChI=1S/C7H8N2O3/c1-6(10)7(11)12-5-9-3-2-8-4-9/h2-4H,5H2,1H3. The fourth-order valence-corrected chi connectivity index (χ4v) is 0.598. The van der Waals surface area contributed by atoms with Gasteiger partial charge in [-0.15, -0.1) is 0 Å². The number of hydrogen-bond donors (Lipinski definition) is 0. The van der Waals surface area contributed by atoms with Crippen molar-refractivity contribution in [2.45, 2.75) is 13.7 Å².